The second-order valence-corrected chi connectivity index (χ2v) is 5.35. The van der Waals surface area contributed by atoms with Gasteiger partial charge in [0.15, 0.2) is 11.6 Å². The molecular weight excluding hydrogens is 294 g/mol. The van der Waals surface area contributed by atoms with Crippen molar-refractivity contribution >= 4 is 6.09 Å². The molecule has 0 aromatic heterocycles. The average Bonchev–Trinajstić information content (AvgIpc) is 2.52. The van der Waals surface area contributed by atoms with Crippen LogP contribution in [0, 0.1) is 17.6 Å². The molecule has 0 spiro atoms. The van der Waals surface area contributed by atoms with Crippen molar-refractivity contribution in [2.75, 3.05) is 26.2 Å². The van der Waals surface area contributed by atoms with Gasteiger partial charge >= 0.3 is 6.09 Å². The highest BCUT2D eigenvalue weighted by atomic mass is 19.2. The van der Waals surface area contributed by atoms with E-state index in [0.29, 0.717) is 19.4 Å². The van der Waals surface area contributed by atoms with E-state index in [4.69, 9.17) is 15.6 Å². The maximum absolute atomic E-state index is 14.1. The molecule has 7 heteroatoms. The van der Waals surface area contributed by atoms with E-state index in [-0.39, 0.29) is 31.2 Å². The molecule has 0 bridgehead atoms. The minimum absolute atomic E-state index is 0.116. The van der Waals surface area contributed by atoms with E-state index >= 15 is 0 Å². The number of carboxylic acid groups (broad SMARTS) is 1. The molecule has 122 valence electrons. The van der Waals surface area contributed by atoms with Crippen LogP contribution in [0.1, 0.15) is 24.5 Å². The van der Waals surface area contributed by atoms with Gasteiger partial charge in [-0.15, -0.1) is 0 Å². The summed E-state index contributed by atoms with van der Waals surface area (Å²) in [6.07, 6.45) is -0.367. The standard InChI is InChI=1S/C15H20F2N2O3/c16-12-5-1-4-11(13(12)17)14(22-8-6-18)10-3-2-7-19(9-10)15(20)21/h1,4-5,10,14H,2-3,6-9,18H2,(H,20,21). The van der Waals surface area contributed by atoms with Gasteiger partial charge in [-0.1, -0.05) is 12.1 Å². The number of halogens is 2. The third kappa shape index (κ3) is 3.72. The Morgan fingerprint density at radius 1 is 1.50 bits per heavy atom. The summed E-state index contributed by atoms with van der Waals surface area (Å²) < 4.78 is 33.2. The van der Waals surface area contributed by atoms with Crippen molar-refractivity contribution in [3.05, 3.63) is 35.4 Å². The van der Waals surface area contributed by atoms with E-state index in [1.807, 2.05) is 0 Å². The Morgan fingerprint density at radius 3 is 2.95 bits per heavy atom. The Bertz CT molecular complexity index is 528. The van der Waals surface area contributed by atoms with E-state index in [1.165, 1.54) is 17.0 Å². The van der Waals surface area contributed by atoms with Crippen LogP contribution in [-0.2, 0) is 4.74 Å². The maximum Gasteiger partial charge on any atom is 0.407 e. The highest BCUT2D eigenvalue weighted by Crippen LogP contribution is 2.34. The second kappa shape index (κ2) is 7.51. The number of likely N-dealkylation sites (tertiary alicyclic amines) is 1. The van der Waals surface area contributed by atoms with Gasteiger partial charge in [-0.3, -0.25) is 0 Å². The Kier molecular flexibility index (Phi) is 5.68. The predicted molar refractivity (Wildman–Crippen MR) is 76.4 cm³/mol. The van der Waals surface area contributed by atoms with Gasteiger partial charge in [0, 0.05) is 31.1 Å². The SMILES string of the molecule is NCCOC(c1cccc(F)c1F)C1CCCN(C(=O)O)C1. The second-order valence-electron chi connectivity index (χ2n) is 5.35. The number of ether oxygens (including phenoxy) is 1. The lowest BCUT2D eigenvalue weighted by atomic mass is 9.88. The minimum Gasteiger partial charge on any atom is -0.465 e. The van der Waals surface area contributed by atoms with E-state index < -0.39 is 23.8 Å². The molecule has 1 heterocycles. The van der Waals surface area contributed by atoms with Crippen LogP contribution in [0.2, 0.25) is 0 Å². The van der Waals surface area contributed by atoms with Crippen molar-refractivity contribution in [1.29, 1.82) is 0 Å². The van der Waals surface area contributed by atoms with Gasteiger partial charge < -0.3 is 20.5 Å². The summed E-state index contributed by atoms with van der Waals surface area (Å²) in [6.45, 7) is 1.13. The molecule has 1 fully saturated rings. The van der Waals surface area contributed by atoms with E-state index in [2.05, 4.69) is 0 Å². The number of nitrogens with zero attached hydrogens (tertiary/aromatic N) is 1. The zero-order valence-corrected chi connectivity index (χ0v) is 12.2. The van der Waals surface area contributed by atoms with Gasteiger partial charge in [0.1, 0.15) is 0 Å². The molecular formula is C15H20F2N2O3. The Morgan fingerprint density at radius 2 is 2.27 bits per heavy atom. The van der Waals surface area contributed by atoms with E-state index in [0.717, 1.165) is 6.07 Å². The number of amides is 1. The zero-order chi connectivity index (χ0) is 16.1. The first-order valence-corrected chi connectivity index (χ1v) is 7.28. The summed E-state index contributed by atoms with van der Waals surface area (Å²) in [5, 5.41) is 9.11. The molecule has 1 aliphatic rings. The molecule has 2 atom stereocenters. The monoisotopic (exact) mass is 314 g/mol. The molecule has 22 heavy (non-hydrogen) atoms. The summed E-state index contributed by atoms with van der Waals surface area (Å²) in [4.78, 5) is 12.4. The maximum atomic E-state index is 14.1. The van der Waals surface area contributed by atoms with Crippen LogP contribution < -0.4 is 5.73 Å². The summed E-state index contributed by atoms with van der Waals surface area (Å²) in [7, 11) is 0. The lowest BCUT2D eigenvalue weighted by molar-refractivity contribution is -0.0120. The number of hydrogen-bond donors (Lipinski definition) is 2. The number of nitrogens with two attached hydrogens (primary N) is 1. The number of benzene rings is 1. The van der Waals surface area contributed by atoms with Gasteiger partial charge in [-0.05, 0) is 18.9 Å². The Labute approximate surface area is 127 Å². The molecule has 1 amide bonds. The van der Waals surface area contributed by atoms with Gasteiger partial charge in [-0.2, -0.15) is 0 Å². The van der Waals surface area contributed by atoms with Crippen molar-refractivity contribution in [2.24, 2.45) is 11.7 Å². The zero-order valence-electron chi connectivity index (χ0n) is 12.2. The fourth-order valence-electron chi connectivity index (χ4n) is 2.85. The topological polar surface area (TPSA) is 75.8 Å². The summed E-state index contributed by atoms with van der Waals surface area (Å²) in [6, 6.07) is 3.94. The van der Waals surface area contributed by atoms with Crippen molar-refractivity contribution in [3.8, 4) is 0 Å². The van der Waals surface area contributed by atoms with Gasteiger partial charge in [-0.25, -0.2) is 13.6 Å². The molecule has 3 N–H and O–H groups in total. The van der Waals surface area contributed by atoms with Crippen LogP contribution in [0.4, 0.5) is 13.6 Å². The van der Waals surface area contributed by atoms with Crippen molar-refractivity contribution < 1.29 is 23.4 Å². The van der Waals surface area contributed by atoms with Crippen LogP contribution in [-0.4, -0.2) is 42.3 Å². The highest BCUT2D eigenvalue weighted by Gasteiger charge is 2.32. The fraction of sp³-hybridized carbons (Fsp3) is 0.533. The number of piperidine rings is 1. The lowest BCUT2D eigenvalue weighted by Crippen LogP contribution is -2.41. The minimum atomic E-state index is -1.01. The third-order valence-corrected chi connectivity index (χ3v) is 3.86. The molecule has 0 saturated carbocycles. The van der Waals surface area contributed by atoms with Crippen LogP contribution in [0.15, 0.2) is 18.2 Å². The molecule has 5 nitrogen and oxygen atoms in total. The first-order valence-electron chi connectivity index (χ1n) is 7.28. The smallest absolute Gasteiger partial charge is 0.407 e. The third-order valence-electron chi connectivity index (χ3n) is 3.86. The van der Waals surface area contributed by atoms with Gasteiger partial charge in [0.25, 0.3) is 0 Å². The van der Waals surface area contributed by atoms with Crippen LogP contribution in [0.5, 0.6) is 0 Å². The van der Waals surface area contributed by atoms with Crippen LogP contribution in [0.3, 0.4) is 0 Å². The Balaban J connectivity index is 2.25. The lowest BCUT2D eigenvalue weighted by Gasteiger charge is -2.35. The molecule has 0 aliphatic carbocycles. The molecule has 1 aliphatic heterocycles. The van der Waals surface area contributed by atoms with Crippen molar-refractivity contribution in [3.63, 3.8) is 0 Å². The van der Waals surface area contributed by atoms with Crippen molar-refractivity contribution in [1.82, 2.24) is 4.90 Å². The largest absolute Gasteiger partial charge is 0.465 e. The first-order chi connectivity index (χ1) is 10.5. The first kappa shape index (κ1) is 16.6. The number of hydrogen-bond acceptors (Lipinski definition) is 3. The normalized spacial score (nSPS) is 20.0. The summed E-state index contributed by atoms with van der Waals surface area (Å²) in [5.41, 5.74) is 5.55. The molecule has 2 rings (SSSR count). The average molecular weight is 314 g/mol. The summed E-state index contributed by atoms with van der Waals surface area (Å²) in [5.74, 6) is -2.12. The van der Waals surface area contributed by atoms with Crippen LogP contribution >= 0.6 is 0 Å². The quantitative estimate of drug-likeness (QED) is 0.875. The molecule has 0 radical (unpaired) electrons. The van der Waals surface area contributed by atoms with E-state index in [9.17, 15) is 13.6 Å². The summed E-state index contributed by atoms with van der Waals surface area (Å²) >= 11 is 0. The molecule has 2 unspecified atom stereocenters. The number of rotatable bonds is 5. The predicted octanol–water partition coefficient (Wildman–Crippen LogP) is 2.37. The Hall–Kier alpha value is -1.73. The van der Waals surface area contributed by atoms with E-state index in [1.54, 1.807) is 0 Å². The van der Waals surface area contributed by atoms with Crippen molar-refractivity contribution in [2.45, 2.75) is 18.9 Å². The highest BCUT2D eigenvalue weighted by molar-refractivity contribution is 5.65. The number of carbonyl (C=O) groups is 1. The van der Waals surface area contributed by atoms with Crippen LogP contribution in [0.25, 0.3) is 0 Å². The fourth-order valence-corrected chi connectivity index (χ4v) is 2.85. The molecule has 1 aromatic carbocycles. The molecule has 1 saturated heterocycles. The van der Waals surface area contributed by atoms with Gasteiger partial charge in [0.05, 0.1) is 12.7 Å². The van der Waals surface area contributed by atoms with Gasteiger partial charge in [0.2, 0.25) is 0 Å². The molecule has 1 aromatic rings.